The summed E-state index contributed by atoms with van der Waals surface area (Å²) in [6.07, 6.45) is 0.946. The maximum Gasteiger partial charge on any atom is 0.319 e. The van der Waals surface area contributed by atoms with Gasteiger partial charge in [0.2, 0.25) is 0 Å². The molecule has 1 aliphatic heterocycles. The quantitative estimate of drug-likeness (QED) is 0.883. The Morgan fingerprint density at radius 2 is 2.25 bits per heavy atom. The number of amides is 2. The molecule has 1 aromatic carbocycles. The Morgan fingerprint density at radius 3 is 2.85 bits per heavy atom. The summed E-state index contributed by atoms with van der Waals surface area (Å²) in [5.74, 6) is 1.96. The Balaban J connectivity index is 1.87. The Kier molecular flexibility index (Phi) is 5.43. The smallest absolute Gasteiger partial charge is 0.319 e. The van der Waals surface area contributed by atoms with E-state index < -0.39 is 0 Å². The summed E-state index contributed by atoms with van der Waals surface area (Å²) in [5, 5.41) is 6.42. The average molecular weight is 335 g/mol. The van der Waals surface area contributed by atoms with Gasteiger partial charge in [0.25, 0.3) is 0 Å². The minimum absolute atomic E-state index is 0.250. The molecule has 1 heterocycles. The van der Waals surface area contributed by atoms with Crippen LogP contribution in [-0.4, -0.2) is 36.8 Å². The molecule has 0 unspecified atom stereocenters. The van der Waals surface area contributed by atoms with Gasteiger partial charge in [0, 0.05) is 25.1 Å². The molecule has 2 rings (SSSR count). The van der Waals surface area contributed by atoms with Crippen LogP contribution in [0.4, 0.5) is 10.5 Å². The van der Waals surface area contributed by atoms with Crippen molar-refractivity contribution in [1.82, 2.24) is 5.32 Å². The van der Waals surface area contributed by atoms with Crippen LogP contribution in [0.25, 0.3) is 0 Å². The Labute approximate surface area is 132 Å². The van der Waals surface area contributed by atoms with E-state index in [9.17, 15) is 4.79 Å². The number of carbonyl (C=O) groups is 1. The molecule has 2 N–H and O–H groups in total. The highest BCUT2D eigenvalue weighted by atomic mass is 35.5. The van der Waals surface area contributed by atoms with E-state index in [0.29, 0.717) is 22.3 Å². The van der Waals surface area contributed by atoms with E-state index >= 15 is 0 Å². The zero-order chi connectivity index (χ0) is 14.6. The first-order chi connectivity index (χ1) is 9.54. The number of urea groups is 1. The van der Waals surface area contributed by atoms with E-state index in [2.05, 4.69) is 10.6 Å². The van der Waals surface area contributed by atoms with Crippen molar-refractivity contribution in [2.75, 3.05) is 30.5 Å². The fraction of sp³-hybridized carbons (Fsp3) is 0.462. The van der Waals surface area contributed by atoms with Gasteiger partial charge in [-0.15, -0.1) is 0 Å². The Morgan fingerprint density at radius 1 is 1.45 bits per heavy atom. The van der Waals surface area contributed by atoms with Gasteiger partial charge in [-0.1, -0.05) is 23.2 Å². The average Bonchev–Trinajstić information content (AvgIpc) is 2.90. The molecule has 110 valence electrons. The molecule has 1 fully saturated rings. The fourth-order valence-corrected chi connectivity index (χ4v) is 3.65. The molecule has 1 saturated heterocycles. The van der Waals surface area contributed by atoms with E-state index in [1.807, 2.05) is 11.8 Å². The number of hydrogen-bond donors (Lipinski definition) is 2. The molecule has 7 heteroatoms. The topological polar surface area (TPSA) is 50.4 Å². The van der Waals surface area contributed by atoms with E-state index in [0.717, 1.165) is 17.9 Å². The molecule has 0 saturated carbocycles. The summed E-state index contributed by atoms with van der Waals surface area (Å²) in [5.41, 5.74) is 0.351. The SMILES string of the molecule is CO[C@@]1(CNC(=O)Nc2ccc(Cl)c(Cl)c2)CCSC1. The number of anilines is 1. The zero-order valence-corrected chi connectivity index (χ0v) is 13.4. The summed E-state index contributed by atoms with van der Waals surface area (Å²) in [6, 6.07) is 4.67. The van der Waals surface area contributed by atoms with Crippen molar-refractivity contribution in [1.29, 1.82) is 0 Å². The van der Waals surface area contributed by atoms with Crippen molar-refractivity contribution in [3.63, 3.8) is 0 Å². The molecular formula is C13H16Cl2N2O2S. The number of rotatable bonds is 4. The van der Waals surface area contributed by atoms with Gasteiger partial charge in [0.1, 0.15) is 0 Å². The highest BCUT2D eigenvalue weighted by Crippen LogP contribution is 2.30. The predicted octanol–water partition coefficient (Wildman–Crippen LogP) is 3.64. The lowest BCUT2D eigenvalue weighted by Crippen LogP contribution is -2.45. The van der Waals surface area contributed by atoms with Crippen LogP contribution in [-0.2, 0) is 4.74 Å². The van der Waals surface area contributed by atoms with Crippen molar-refractivity contribution in [3.8, 4) is 0 Å². The lowest BCUT2D eigenvalue weighted by atomic mass is 10.0. The van der Waals surface area contributed by atoms with Gasteiger partial charge in [0.15, 0.2) is 0 Å². The monoisotopic (exact) mass is 334 g/mol. The normalized spacial score (nSPS) is 21.8. The van der Waals surface area contributed by atoms with Crippen LogP contribution in [0.1, 0.15) is 6.42 Å². The molecule has 1 atom stereocenters. The van der Waals surface area contributed by atoms with Gasteiger partial charge in [-0.05, 0) is 30.4 Å². The van der Waals surface area contributed by atoms with Crippen molar-refractivity contribution >= 4 is 46.7 Å². The number of hydrogen-bond acceptors (Lipinski definition) is 3. The minimum atomic E-state index is -0.281. The van der Waals surface area contributed by atoms with Crippen molar-refractivity contribution in [3.05, 3.63) is 28.2 Å². The second-order valence-electron chi connectivity index (χ2n) is 4.63. The number of carbonyl (C=O) groups excluding carboxylic acids is 1. The molecule has 0 bridgehead atoms. The van der Waals surface area contributed by atoms with Crippen molar-refractivity contribution < 1.29 is 9.53 Å². The van der Waals surface area contributed by atoms with Gasteiger partial charge in [0.05, 0.1) is 15.6 Å². The van der Waals surface area contributed by atoms with Crippen LogP contribution in [0, 0.1) is 0 Å². The second kappa shape index (κ2) is 6.89. The standard InChI is InChI=1S/C13H16Cl2N2O2S/c1-19-13(4-5-20-8-13)7-16-12(18)17-9-2-3-10(14)11(15)6-9/h2-3,6H,4-5,7-8H2,1H3,(H2,16,17,18)/t13-/m1/s1. The minimum Gasteiger partial charge on any atom is -0.376 e. The van der Waals surface area contributed by atoms with Crippen LogP contribution in [0.15, 0.2) is 18.2 Å². The molecule has 1 aliphatic rings. The molecule has 0 radical (unpaired) electrons. The highest BCUT2D eigenvalue weighted by molar-refractivity contribution is 7.99. The van der Waals surface area contributed by atoms with Crippen LogP contribution in [0.5, 0.6) is 0 Å². The molecule has 1 aromatic rings. The Hall–Kier alpha value is -0.620. The van der Waals surface area contributed by atoms with E-state index in [-0.39, 0.29) is 11.6 Å². The number of nitrogens with one attached hydrogen (secondary N) is 2. The van der Waals surface area contributed by atoms with Gasteiger partial charge in [-0.25, -0.2) is 4.79 Å². The zero-order valence-electron chi connectivity index (χ0n) is 11.0. The van der Waals surface area contributed by atoms with E-state index in [4.69, 9.17) is 27.9 Å². The van der Waals surface area contributed by atoms with Crippen LogP contribution in [0.2, 0.25) is 10.0 Å². The summed E-state index contributed by atoms with van der Waals surface area (Å²) in [7, 11) is 1.68. The molecule has 20 heavy (non-hydrogen) atoms. The largest absolute Gasteiger partial charge is 0.376 e. The summed E-state index contributed by atoms with van der Waals surface area (Å²) < 4.78 is 5.53. The van der Waals surface area contributed by atoms with Gasteiger partial charge < -0.3 is 15.4 Å². The van der Waals surface area contributed by atoms with Gasteiger partial charge in [-0.3, -0.25) is 0 Å². The fourth-order valence-electron chi connectivity index (χ4n) is 1.95. The number of halogens is 2. The van der Waals surface area contributed by atoms with E-state index in [1.54, 1.807) is 25.3 Å². The Bertz CT molecular complexity index is 493. The first-order valence-electron chi connectivity index (χ1n) is 6.17. The van der Waals surface area contributed by atoms with Crippen LogP contribution in [0.3, 0.4) is 0 Å². The summed E-state index contributed by atoms with van der Waals surface area (Å²) >= 11 is 13.6. The van der Waals surface area contributed by atoms with Gasteiger partial charge >= 0.3 is 6.03 Å². The lowest BCUT2D eigenvalue weighted by Gasteiger charge is -2.26. The summed E-state index contributed by atoms with van der Waals surface area (Å²) in [6.45, 7) is 0.490. The maximum absolute atomic E-state index is 11.9. The molecule has 4 nitrogen and oxygen atoms in total. The predicted molar refractivity (Wildman–Crippen MR) is 85.2 cm³/mol. The molecular weight excluding hydrogens is 319 g/mol. The number of thioether (sulfide) groups is 1. The van der Waals surface area contributed by atoms with Crippen molar-refractivity contribution in [2.24, 2.45) is 0 Å². The van der Waals surface area contributed by atoms with Gasteiger partial charge in [-0.2, -0.15) is 11.8 Å². The lowest BCUT2D eigenvalue weighted by molar-refractivity contribution is 0.0161. The first-order valence-corrected chi connectivity index (χ1v) is 8.08. The van der Waals surface area contributed by atoms with Crippen molar-refractivity contribution in [2.45, 2.75) is 12.0 Å². The summed E-state index contributed by atoms with van der Waals surface area (Å²) in [4.78, 5) is 11.9. The third-order valence-corrected chi connectivity index (χ3v) is 5.21. The maximum atomic E-state index is 11.9. The highest BCUT2D eigenvalue weighted by Gasteiger charge is 2.34. The van der Waals surface area contributed by atoms with Crippen LogP contribution < -0.4 is 10.6 Å². The molecule has 2 amide bonds. The number of benzene rings is 1. The first kappa shape index (κ1) is 15.8. The third-order valence-electron chi connectivity index (χ3n) is 3.25. The second-order valence-corrected chi connectivity index (χ2v) is 6.55. The van der Waals surface area contributed by atoms with Crippen LogP contribution >= 0.6 is 35.0 Å². The number of ether oxygens (including phenoxy) is 1. The molecule has 0 aromatic heterocycles. The number of methoxy groups -OCH3 is 1. The third kappa shape index (κ3) is 3.95. The molecule has 0 aliphatic carbocycles. The van der Waals surface area contributed by atoms with E-state index in [1.165, 1.54) is 0 Å². The molecule has 0 spiro atoms.